The van der Waals surface area contributed by atoms with Gasteiger partial charge in [0.1, 0.15) is 11.5 Å². The third-order valence-corrected chi connectivity index (χ3v) is 4.76. The minimum Gasteiger partial charge on any atom is -0.347 e. The maximum absolute atomic E-state index is 14.1. The Morgan fingerprint density at radius 3 is 2.92 bits per heavy atom. The van der Waals surface area contributed by atoms with E-state index < -0.39 is 0 Å². The number of hydrogen-bond acceptors (Lipinski definition) is 4. The lowest BCUT2D eigenvalue weighted by atomic mass is 10.0. The number of carbonyl (C=O) groups is 1. The van der Waals surface area contributed by atoms with E-state index >= 15 is 0 Å². The third-order valence-electron chi connectivity index (χ3n) is 4.76. The molecule has 0 bridgehead atoms. The van der Waals surface area contributed by atoms with E-state index in [2.05, 4.69) is 15.3 Å². The van der Waals surface area contributed by atoms with Gasteiger partial charge in [-0.2, -0.15) is 10.4 Å². The van der Waals surface area contributed by atoms with Crippen molar-refractivity contribution in [3.05, 3.63) is 52.6 Å². The van der Waals surface area contributed by atoms with Crippen LogP contribution in [-0.4, -0.2) is 39.7 Å². The molecule has 1 amide bonds. The topological polar surface area (TPSA) is 74.0 Å². The number of nitrogens with zero attached hydrogens (tertiary/aromatic N) is 4. The number of aromatic nitrogens is 2. The molecule has 1 unspecified atom stereocenters. The zero-order valence-corrected chi connectivity index (χ0v) is 15.0. The standard InChI is InChI=1S/C19H22FN5O/c1-13-8-18(23-24(13)2)19(26)22-16-4-3-7-25(12-16)11-15-6-5-14(10-21)9-17(15)20/h5-6,8-9,16H,3-4,7,11-12H2,1-2H3,(H,22,26). The maximum Gasteiger partial charge on any atom is 0.272 e. The Labute approximate surface area is 152 Å². The van der Waals surface area contributed by atoms with Crippen LogP contribution in [-0.2, 0) is 13.6 Å². The number of rotatable bonds is 4. The molecule has 6 nitrogen and oxygen atoms in total. The lowest BCUT2D eigenvalue weighted by Crippen LogP contribution is -2.47. The van der Waals surface area contributed by atoms with Gasteiger partial charge in [-0.1, -0.05) is 6.07 Å². The minimum absolute atomic E-state index is 0.0139. The Balaban J connectivity index is 1.60. The number of likely N-dealkylation sites (tertiary alicyclic amines) is 1. The molecule has 26 heavy (non-hydrogen) atoms. The highest BCUT2D eigenvalue weighted by Crippen LogP contribution is 2.17. The average Bonchev–Trinajstić information content (AvgIpc) is 2.96. The molecule has 1 saturated heterocycles. The number of halogens is 1. The van der Waals surface area contributed by atoms with Crippen LogP contribution in [0.4, 0.5) is 4.39 Å². The van der Waals surface area contributed by atoms with Crippen molar-refractivity contribution in [3.63, 3.8) is 0 Å². The van der Waals surface area contributed by atoms with Gasteiger partial charge in [-0.15, -0.1) is 0 Å². The summed E-state index contributed by atoms with van der Waals surface area (Å²) in [7, 11) is 1.81. The Morgan fingerprint density at radius 2 is 2.27 bits per heavy atom. The molecule has 136 valence electrons. The normalized spacial score (nSPS) is 17.7. The Morgan fingerprint density at radius 1 is 1.46 bits per heavy atom. The van der Waals surface area contributed by atoms with Crippen LogP contribution in [0.1, 0.15) is 40.2 Å². The number of piperidine rings is 1. The zero-order valence-electron chi connectivity index (χ0n) is 15.0. The van der Waals surface area contributed by atoms with E-state index in [1.165, 1.54) is 6.07 Å². The lowest BCUT2D eigenvalue weighted by Gasteiger charge is -2.33. The van der Waals surface area contributed by atoms with Gasteiger partial charge >= 0.3 is 0 Å². The van der Waals surface area contributed by atoms with Gasteiger partial charge in [0, 0.05) is 37.4 Å². The summed E-state index contributed by atoms with van der Waals surface area (Å²) in [5, 5.41) is 16.1. The first-order valence-corrected chi connectivity index (χ1v) is 8.68. The van der Waals surface area contributed by atoms with E-state index in [-0.39, 0.29) is 17.8 Å². The highest BCUT2D eigenvalue weighted by atomic mass is 19.1. The molecule has 0 aliphatic carbocycles. The first-order chi connectivity index (χ1) is 12.5. The second kappa shape index (κ2) is 7.67. The van der Waals surface area contributed by atoms with Crippen LogP contribution in [0.25, 0.3) is 0 Å². The summed E-state index contributed by atoms with van der Waals surface area (Å²) in [6, 6.07) is 8.27. The molecular weight excluding hydrogens is 333 g/mol. The highest BCUT2D eigenvalue weighted by molar-refractivity contribution is 5.92. The first kappa shape index (κ1) is 18.1. The summed E-state index contributed by atoms with van der Waals surface area (Å²) in [5.41, 5.74) is 2.23. The van der Waals surface area contributed by atoms with Gasteiger partial charge in [-0.3, -0.25) is 14.4 Å². The molecule has 1 aromatic heterocycles. The van der Waals surface area contributed by atoms with Gasteiger partial charge in [0.05, 0.1) is 11.6 Å². The van der Waals surface area contributed by atoms with Crippen molar-refractivity contribution in [2.45, 2.75) is 32.4 Å². The van der Waals surface area contributed by atoms with E-state index in [0.29, 0.717) is 29.9 Å². The van der Waals surface area contributed by atoms with Crippen LogP contribution in [0.2, 0.25) is 0 Å². The summed E-state index contributed by atoms with van der Waals surface area (Å²) in [6.45, 7) is 3.89. The second-order valence-corrected chi connectivity index (χ2v) is 6.76. The van der Waals surface area contributed by atoms with Crippen LogP contribution in [0.3, 0.4) is 0 Å². The van der Waals surface area contributed by atoms with Crippen molar-refractivity contribution in [2.24, 2.45) is 7.05 Å². The minimum atomic E-state index is -0.362. The smallest absolute Gasteiger partial charge is 0.272 e. The van der Waals surface area contributed by atoms with E-state index in [0.717, 1.165) is 25.1 Å². The first-order valence-electron chi connectivity index (χ1n) is 8.68. The van der Waals surface area contributed by atoms with Gasteiger partial charge in [-0.05, 0) is 44.5 Å². The molecule has 7 heteroatoms. The molecule has 0 spiro atoms. The molecule has 1 atom stereocenters. The van der Waals surface area contributed by atoms with Gasteiger partial charge in [0.2, 0.25) is 0 Å². The molecular formula is C19H22FN5O. The maximum atomic E-state index is 14.1. The number of amides is 1. The van der Waals surface area contributed by atoms with Gasteiger partial charge in [0.25, 0.3) is 5.91 Å². The van der Waals surface area contributed by atoms with E-state index in [1.54, 1.807) is 29.9 Å². The molecule has 1 aromatic carbocycles. The fraction of sp³-hybridized carbons (Fsp3) is 0.421. The quantitative estimate of drug-likeness (QED) is 0.912. The fourth-order valence-electron chi connectivity index (χ4n) is 3.23. The molecule has 3 rings (SSSR count). The molecule has 0 saturated carbocycles. The van der Waals surface area contributed by atoms with Gasteiger partial charge in [0.15, 0.2) is 0 Å². The lowest BCUT2D eigenvalue weighted by molar-refractivity contribution is 0.0894. The van der Waals surface area contributed by atoms with Crippen molar-refractivity contribution in [1.29, 1.82) is 5.26 Å². The SMILES string of the molecule is Cc1cc(C(=O)NC2CCCN(Cc3ccc(C#N)cc3F)C2)nn1C. The van der Waals surface area contributed by atoms with Crippen molar-refractivity contribution >= 4 is 5.91 Å². The number of nitriles is 1. The number of benzene rings is 1. The summed E-state index contributed by atoms with van der Waals surface area (Å²) < 4.78 is 15.8. The largest absolute Gasteiger partial charge is 0.347 e. The van der Waals surface area contributed by atoms with Crippen molar-refractivity contribution in [1.82, 2.24) is 20.0 Å². The number of nitrogens with one attached hydrogen (secondary N) is 1. The molecule has 1 fully saturated rings. The molecule has 1 N–H and O–H groups in total. The number of hydrogen-bond donors (Lipinski definition) is 1. The zero-order chi connectivity index (χ0) is 18.7. The van der Waals surface area contributed by atoms with Crippen molar-refractivity contribution in [3.8, 4) is 6.07 Å². The molecule has 2 heterocycles. The van der Waals surface area contributed by atoms with E-state index in [1.807, 2.05) is 13.0 Å². The highest BCUT2D eigenvalue weighted by Gasteiger charge is 2.23. The van der Waals surface area contributed by atoms with Gasteiger partial charge < -0.3 is 5.32 Å². The van der Waals surface area contributed by atoms with Crippen LogP contribution in [0, 0.1) is 24.1 Å². The van der Waals surface area contributed by atoms with E-state index in [9.17, 15) is 9.18 Å². The summed E-state index contributed by atoms with van der Waals surface area (Å²) in [5.74, 6) is -0.538. The second-order valence-electron chi connectivity index (χ2n) is 6.76. The number of aryl methyl sites for hydroxylation is 2. The third kappa shape index (κ3) is 4.09. The predicted octanol–water partition coefficient (Wildman–Crippen LogP) is 2.13. The monoisotopic (exact) mass is 355 g/mol. The molecule has 1 aliphatic heterocycles. The molecule has 0 radical (unpaired) electrons. The molecule has 2 aromatic rings. The van der Waals surface area contributed by atoms with Crippen molar-refractivity contribution in [2.75, 3.05) is 13.1 Å². The Kier molecular flexibility index (Phi) is 5.33. The Bertz CT molecular complexity index is 835. The van der Waals surface area contributed by atoms with Gasteiger partial charge in [-0.25, -0.2) is 4.39 Å². The molecule has 1 aliphatic rings. The van der Waals surface area contributed by atoms with Crippen LogP contribution < -0.4 is 5.32 Å². The average molecular weight is 355 g/mol. The van der Waals surface area contributed by atoms with Crippen molar-refractivity contribution < 1.29 is 9.18 Å². The Hall–Kier alpha value is -2.72. The van der Waals surface area contributed by atoms with E-state index in [4.69, 9.17) is 5.26 Å². The number of carbonyl (C=O) groups excluding carboxylic acids is 1. The summed E-state index contributed by atoms with van der Waals surface area (Å²) in [4.78, 5) is 14.5. The summed E-state index contributed by atoms with van der Waals surface area (Å²) >= 11 is 0. The fourth-order valence-corrected chi connectivity index (χ4v) is 3.23. The predicted molar refractivity (Wildman–Crippen MR) is 94.8 cm³/mol. The summed E-state index contributed by atoms with van der Waals surface area (Å²) in [6.07, 6.45) is 1.83. The van der Waals surface area contributed by atoms with Crippen LogP contribution >= 0.6 is 0 Å². The van der Waals surface area contributed by atoms with Crippen LogP contribution in [0.5, 0.6) is 0 Å². The van der Waals surface area contributed by atoms with Crippen LogP contribution in [0.15, 0.2) is 24.3 Å².